The van der Waals surface area contributed by atoms with Gasteiger partial charge in [0.05, 0.1) is 18.2 Å². The van der Waals surface area contributed by atoms with Crippen LogP contribution >= 0.6 is 11.6 Å². The highest BCUT2D eigenvalue weighted by Gasteiger charge is 2.21. The van der Waals surface area contributed by atoms with Crippen molar-refractivity contribution >= 4 is 17.3 Å². The van der Waals surface area contributed by atoms with Crippen molar-refractivity contribution in [2.24, 2.45) is 7.05 Å². The number of benzene rings is 1. The normalized spacial score (nSPS) is 17.6. The monoisotopic (exact) mass is 398 g/mol. The molecule has 0 saturated carbocycles. The minimum Gasteiger partial charge on any atom is -0.378 e. The van der Waals surface area contributed by atoms with E-state index in [0.29, 0.717) is 5.69 Å². The number of anilines is 1. The average Bonchev–Trinajstić information content (AvgIpc) is 3.24. The molecular formula is C20H23ClN6O. The van der Waals surface area contributed by atoms with E-state index in [1.54, 1.807) is 25.8 Å². The third-order valence-corrected chi connectivity index (χ3v) is 5.45. The number of halogens is 1. The van der Waals surface area contributed by atoms with E-state index in [1.165, 1.54) is 10.2 Å². The van der Waals surface area contributed by atoms with E-state index in [1.807, 2.05) is 10.8 Å². The van der Waals surface area contributed by atoms with Crippen molar-refractivity contribution in [1.29, 1.82) is 0 Å². The second-order valence-corrected chi connectivity index (χ2v) is 7.53. The fourth-order valence-corrected chi connectivity index (χ4v) is 3.82. The second-order valence-electron chi connectivity index (χ2n) is 7.16. The van der Waals surface area contributed by atoms with E-state index in [2.05, 4.69) is 44.6 Å². The van der Waals surface area contributed by atoms with Gasteiger partial charge < -0.3 is 9.88 Å². The van der Waals surface area contributed by atoms with Crippen molar-refractivity contribution < 1.29 is 0 Å². The van der Waals surface area contributed by atoms with Crippen LogP contribution in [0.4, 0.5) is 5.69 Å². The number of hydrogen-bond donors (Lipinski definition) is 1. The molecule has 3 aromatic rings. The SMILES string of the molecule is Cn1ncc(NC2CCCN(Cc3ccc(-n4ccnc4)cc3)C2)c(Cl)c1=O. The Hall–Kier alpha value is -2.64. The Bertz CT molecular complexity index is 983. The van der Waals surface area contributed by atoms with Crippen LogP contribution in [0.5, 0.6) is 0 Å². The van der Waals surface area contributed by atoms with Crippen molar-refractivity contribution in [1.82, 2.24) is 24.2 Å². The van der Waals surface area contributed by atoms with Crippen LogP contribution in [-0.4, -0.2) is 43.4 Å². The first-order valence-corrected chi connectivity index (χ1v) is 9.76. The molecule has 3 heterocycles. The molecule has 0 spiro atoms. The summed E-state index contributed by atoms with van der Waals surface area (Å²) in [7, 11) is 1.60. The zero-order valence-electron chi connectivity index (χ0n) is 15.8. The molecule has 8 heteroatoms. The van der Waals surface area contributed by atoms with Gasteiger partial charge in [-0.2, -0.15) is 5.10 Å². The zero-order chi connectivity index (χ0) is 19.5. The van der Waals surface area contributed by atoms with Crippen LogP contribution in [0.3, 0.4) is 0 Å². The van der Waals surface area contributed by atoms with Crippen LogP contribution in [0.25, 0.3) is 5.69 Å². The lowest BCUT2D eigenvalue weighted by molar-refractivity contribution is 0.208. The van der Waals surface area contributed by atoms with Gasteiger partial charge in [0, 0.05) is 44.3 Å². The maximum Gasteiger partial charge on any atom is 0.287 e. The molecule has 1 aliphatic heterocycles. The maximum atomic E-state index is 12.0. The third kappa shape index (κ3) is 4.10. The van der Waals surface area contributed by atoms with E-state index in [4.69, 9.17) is 11.6 Å². The van der Waals surface area contributed by atoms with Gasteiger partial charge in [-0.15, -0.1) is 0 Å². The van der Waals surface area contributed by atoms with Crippen LogP contribution < -0.4 is 10.9 Å². The van der Waals surface area contributed by atoms with E-state index in [-0.39, 0.29) is 16.6 Å². The highest BCUT2D eigenvalue weighted by atomic mass is 35.5. The van der Waals surface area contributed by atoms with Crippen LogP contribution in [0.15, 0.2) is 54.0 Å². The predicted molar refractivity (Wildman–Crippen MR) is 110 cm³/mol. The topological polar surface area (TPSA) is 68.0 Å². The molecule has 1 N–H and O–H groups in total. The maximum absolute atomic E-state index is 12.0. The number of nitrogens with zero attached hydrogens (tertiary/aromatic N) is 5. The average molecular weight is 399 g/mol. The van der Waals surface area contributed by atoms with Gasteiger partial charge in [0.15, 0.2) is 0 Å². The van der Waals surface area contributed by atoms with Crippen molar-refractivity contribution in [3.63, 3.8) is 0 Å². The number of rotatable bonds is 5. The first kappa shape index (κ1) is 18.7. The number of aromatic nitrogens is 4. The molecule has 2 aromatic heterocycles. The molecule has 1 saturated heterocycles. The van der Waals surface area contributed by atoms with Gasteiger partial charge in [0.2, 0.25) is 0 Å². The molecule has 146 valence electrons. The van der Waals surface area contributed by atoms with Gasteiger partial charge in [-0.1, -0.05) is 23.7 Å². The molecular weight excluding hydrogens is 376 g/mol. The molecule has 0 amide bonds. The first-order valence-electron chi connectivity index (χ1n) is 9.38. The molecule has 28 heavy (non-hydrogen) atoms. The lowest BCUT2D eigenvalue weighted by atomic mass is 10.0. The number of imidazole rings is 1. The Morgan fingerprint density at radius 3 is 2.86 bits per heavy atom. The predicted octanol–water partition coefficient (Wildman–Crippen LogP) is 2.70. The Kier molecular flexibility index (Phi) is 5.45. The van der Waals surface area contributed by atoms with Gasteiger partial charge in [0.1, 0.15) is 5.02 Å². The standard InChI is InChI=1S/C20H23ClN6O/c1-25-20(28)19(21)18(11-23-25)24-16-3-2-9-26(13-16)12-15-4-6-17(7-5-15)27-10-8-22-14-27/h4-8,10-11,14,16,24H,2-3,9,12-13H2,1H3. The van der Waals surface area contributed by atoms with Crippen LogP contribution in [0.2, 0.25) is 5.02 Å². The summed E-state index contributed by atoms with van der Waals surface area (Å²) in [6.07, 6.45) is 9.28. The summed E-state index contributed by atoms with van der Waals surface area (Å²) >= 11 is 6.19. The largest absolute Gasteiger partial charge is 0.378 e. The highest BCUT2D eigenvalue weighted by Crippen LogP contribution is 2.21. The molecule has 1 fully saturated rings. The first-order chi connectivity index (χ1) is 13.6. The molecule has 1 unspecified atom stereocenters. The number of aryl methyl sites for hydroxylation is 1. The van der Waals surface area contributed by atoms with Gasteiger partial charge in [-0.25, -0.2) is 9.67 Å². The Morgan fingerprint density at radius 1 is 1.29 bits per heavy atom. The summed E-state index contributed by atoms with van der Waals surface area (Å²) in [6.45, 7) is 2.85. The highest BCUT2D eigenvalue weighted by molar-refractivity contribution is 6.32. The van der Waals surface area contributed by atoms with E-state index in [0.717, 1.165) is 38.2 Å². The van der Waals surface area contributed by atoms with E-state index < -0.39 is 0 Å². The quantitative estimate of drug-likeness (QED) is 0.715. The number of likely N-dealkylation sites (tertiary alicyclic amines) is 1. The van der Waals surface area contributed by atoms with Crippen LogP contribution in [0, 0.1) is 0 Å². The molecule has 0 aliphatic carbocycles. The van der Waals surface area contributed by atoms with E-state index >= 15 is 0 Å². The summed E-state index contributed by atoms with van der Waals surface area (Å²) in [5, 5.41) is 7.66. The van der Waals surface area contributed by atoms with E-state index in [9.17, 15) is 4.79 Å². The fraction of sp³-hybridized carbons (Fsp3) is 0.350. The van der Waals surface area contributed by atoms with Gasteiger partial charge in [-0.05, 0) is 37.1 Å². The summed E-state index contributed by atoms with van der Waals surface area (Å²) in [5.41, 5.74) is 2.71. The zero-order valence-corrected chi connectivity index (χ0v) is 16.5. The Labute approximate surface area is 168 Å². The third-order valence-electron chi connectivity index (χ3n) is 5.09. The van der Waals surface area contributed by atoms with Crippen molar-refractivity contribution in [2.75, 3.05) is 18.4 Å². The smallest absolute Gasteiger partial charge is 0.287 e. The van der Waals surface area contributed by atoms with Gasteiger partial charge in [0.25, 0.3) is 5.56 Å². The Balaban J connectivity index is 1.39. The minimum absolute atomic E-state index is 0.199. The van der Waals surface area contributed by atoms with Gasteiger partial charge in [-0.3, -0.25) is 9.69 Å². The molecule has 0 radical (unpaired) electrons. The van der Waals surface area contributed by atoms with Crippen LogP contribution in [-0.2, 0) is 13.6 Å². The number of piperidine rings is 1. The summed E-state index contributed by atoms with van der Waals surface area (Å²) < 4.78 is 3.24. The summed E-state index contributed by atoms with van der Waals surface area (Å²) in [4.78, 5) is 18.5. The minimum atomic E-state index is -0.280. The molecule has 7 nitrogen and oxygen atoms in total. The molecule has 1 atom stereocenters. The molecule has 0 bridgehead atoms. The number of nitrogens with one attached hydrogen (secondary N) is 1. The lowest BCUT2D eigenvalue weighted by Gasteiger charge is -2.33. The molecule has 4 rings (SSSR count). The summed E-state index contributed by atoms with van der Waals surface area (Å²) in [5.74, 6) is 0. The second kappa shape index (κ2) is 8.16. The molecule has 1 aromatic carbocycles. The van der Waals surface area contributed by atoms with Crippen molar-refractivity contribution in [3.8, 4) is 5.69 Å². The lowest BCUT2D eigenvalue weighted by Crippen LogP contribution is -2.42. The fourth-order valence-electron chi connectivity index (χ4n) is 3.59. The van der Waals surface area contributed by atoms with Gasteiger partial charge >= 0.3 is 0 Å². The molecule has 1 aliphatic rings. The Morgan fingerprint density at radius 2 is 2.11 bits per heavy atom. The number of hydrogen-bond acceptors (Lipinski definition) is 5. The van der Waals surface area contributed by atoms with Crippen LogP contribution in [0.1, 0.15) is 18.4 Å². The summed E-state index contributed by atoms with van der Waals surface area (Å²) in [6, 6.07) is 8.79. The van der Waals surface area contributed by atoms with Crippen molar-refractivity contribution in [2.45, 2.75) is 25.4 Å². The van der Waals surface area contributed by atoms with Crippen molar-refractivity contribution in [3.05, 3.63) is 70.1 Å².